The van der Waals surface area contributed by atoms with Gasteiger partial charge in [0.05, 0.1) is 6.33 Å². The monoisotopic (exact) mass is 289 g/mol. The molecule has 1 aromatic heterocycles. The number of imidazole rings is 1. The number of hydrogen-bond donors (Lipinski definition) is 0. The lowest BCUT2D eigenvalue weighted by Crippen LogP contribution is -2.45. The number of hydrogen-bond acceptors (Lipinski definition) is 2. The fourth-order valence-electron chi connectivity index (χ4n) is 3.92. The van der Waals surface area contributed by atoms with Crippen LogP contribution in [0, 0.1) is 5.92 Å². The molecule has 3 rings (SSSR count). The molecule has 1 aromatic rings. The van der Waals surface area contributed by atoms with Crippen molar-refractivity contribution in [3.05, 3.63) is 18.2 Å². The number of carbonyl (C=O) groups is 1. The average molecular weight is 289 g/mol. The molecule has 2 heterocycles. The average Bonchev–Trinajstić information content (AvgIpc) is 2.88. The number of aromatic nitrogens is 2. The first-order valence-corrected chi connectivity index (χ1v) is 8.51. The Labute approximate surface area is 127 Å². The molecule has 0 aromatic carbocycles. The van der Waals surface area contributed by atoms with Crippen LogP contribution in [-0.4, -0.2) is 32.9 Å². The summed E-state index contributed by atoms with van der Waals surface area (Å²) in [4.78, 5) is 19.4. The SMILES string of the molecule is CC(C)n1cnc(C(=O)N2CCCC[C@@H]3CCCC[C@@H]32)c1. The van der Waals surface area contributed by atoms with Gasteiger partial charge in [-0.05, 0) is 45.4 Å². The summed E-state index contributed by atoms with van der Waals surface area (Å²) in [6.45, 7) is 5.13. The summed E-state index contributed by atoms with van der Waals surface area (Å²) in [5.74, 6) is 0.866. The predicted octanol–water partition coefficient (Wildman–Crippen LogP) is 3.65. The minimum Gasteiger partial charge on any atom is -0.334 e. The lowest BCUT2D eigenvalue weighted by Gasteiger charge is -2.38. The molecular weight excluding hydrogens is 262 g/mol. The van der Waals surface area contributed by atoms with Crippen molar-refractivity contribution in [1.29, 1.82) is 0 Å². The second kappa shape index (κ2) is 6.20. The highest BCUT2D eigenvalue weighted by Crippen LogP contribution is 2.35. The summed E-state index contributed by atoms with van der Waals surface area (Å²) in [6, 6.07) is 0.809. The number of rotatable bonds is 2. The summed E-state index contributed by atoms with van der Waals surface area (Å²) >= 11 is 0. The molecule has 1 saturated heterocycles. The molecule has 2 fully saturated rings. The molecule has 4 heteroatoms. The van der Waals surface area contributed by atoms with Gasteiger partial charge >= 0.3 is 0 Å². The smallest absolute Gasteiger partial charge is 0.274 e. The van der Waals surface area contributed by atoms with Crippen LogP contribution < -0.4 is 0 Å². The standard InChI is InChI=1S/C17H27N3O/c1-13(2)19-11-15(18-12-19)17(21)20-10-6-5-8-14-7-3-4-9-16(14)20/h11-14,16H,3-10H2,1-2H3/t14-,16-/m0/s1. The maximum Gasteiger partial charge on any atom is 0.274 e. The third-order valence-electron chi connectivity index (χ3n) is 5.17. The minimum atomic E-state index is 0.146. The number of nitrogens with zero attached hydrogens (tertiary/aromatic N) is 3. The minimum absolute atomic E-state index is 0.146. The maximum absolute atomic E-state index is 12.9. The van der Waals surface area contributed by atoms with Gasteiger partial charge in [0.1, 0.15) is 5.69 Å². The van der Waals surface area contributed by atoms with E-state index in [1.54, 1.807) is 6.33 Å². The van der Waals surface area contributed by atoms with Gasteiger partial charge in [0.2, 0.25) is 0 Å². The molecule has 1 aliphatic heterocycles. The fourth-order valence-corrected chi connectivity index (χ4v) is 3.92. The molecular formula is C17H27N3O. The molecule has 21 heavy (non-hydrogen) atoms. The van der Waals surface area contributed by atoms with Crippen molar-refractivity contribution in [3.8, 4) is 0 Å². The highest BCUT2D eigenvalue weighted by atomic mass is 16.2. The summed E-state index contributed by atoms with van der Waals surface area (Å²) in [5, 5.41) is 0. The van der Waals surface area contributed by atoms with Crippen LogP contribution in [-0.2, 0) is 0 Å². The van der Waals surface area contributed by atoms with Gasteiger partial charge in [-0.1, -0.05) is 19.3 Å². The Kier molecular flexibility index (Phi) is 4.32. The zero-order valence-electron chi connectivity index (χ0n) is 13.3. The van der Waals surface area contributed by atoms with E-state index in [0.29, 0.717) is 17.8 Å². The van der Waals surface area contributed by atoms with E-state index < -0.39 is 0 Å². The van der Waals surface area contributed by atoms with Crippen LogP contribution in [0.3, 0.4) is 0 Å². The van der Waals surface area contributed by atoms with Crippen molar-refractivity contribution in [2.75, 3.05) is 6.54 Å². The third-order valence-corrected chi connectivity index (χ3v) is 5.17. The number of carbonyl (C=O) groups excluding carboxylic acids is 1. The second-order valence-corrected chi connectivity index (χ2v) is 6.91. The molecule has 0 bridgehead atoms. The van der Waals surface area contributed by atoms with Crippen LogP contribution >= 0.6 is 0 Å². The number of fused-ring (bicyclic) bond motifs is 1. The van der Waals surface area contributed by atoms with E-state index in [2.05, 4.69) is 23.7 Å². The Morgan fingerprint density at radius 1 is 1.19 bits per heavy atom. The molecule has 0 N–H and O–H groups in total. The third kappa shape index (κ3) is 2.99. The van der Waals surface area contributed by atoms with Crippen LogP contribution in [0.2, 0.25) is 0 Å². The van der Waals surface area contributed by atoms with Crippen LogP contribution in [0.25, 0.3) is 0 Å². The van der Waals surface area contributed by atoms with Gasteiger partial charge in [-0.15, -0.1) is 0 Å². The molecule has 0 spiro atoms. The van der Waals surface area contributed by atoms with Gasteiger partial charge in [-0.3, -0.25) is 4.79 Å². The molecule has 1 amide bonds. The van der Waals surface area contributed by atoms with E-state index in [9.17, 15) is 4.79 Å². The van der Waals surface area contributed by atoms with Crippen LogP contribution in [0.1, 0.15) is 75.3 Å². The lowest BCUT2D eigenvalue weighted by atomic mass is 9.81. The van der Waals surface area contributed by atoms with Gasteiger partial charge < -0.3 is 9.47 Å². The Balaban J connectivity index is 1.80. The Morgan fingerprint density at radius 3 is 2.62 bits per heavy atom. The van der Waals surface area contributed by atoms with E-state index in [4.69, 9.17) is 0 Å². The van der Waals surface area contributed by atoms with Crippen molar-refractivity contribution in [2.24, 2.45) is 5.92 Å². The van der Waals surface area contributed by atoms with Crippen LogP contribution in [0.5, 0.6) is 0 Å². The fraction of sp³-hybridized carbons (Fsp3) is 0.765. The Bertz CT molecular complexity index is 494. The van der Waals surface area contributed by atoms with Gasteiger partial charge in [-0.25, -0.2) is 4.98 Å². The normalized spacial score (nSPS) is 26.5. The van der Waals surface area contributed by atoms with Crippen molar-refractivity contribution >= 4 is 5.91 Å². The summed E-state index contributed by atoms with van der Waals surface area (Å²) < 4.78 is 2.02. The van der Waals surface area contributed by atoms with Gasteiger partial charge in [0.25, 0.3) is 5.91 Å². The largest absolute Gasteiger partial charge is 0.334 e. The Morgan fingerprint density at radius 2 is 1.90 bits per heavy atom. The van der Waals surface area contributed by atoms with Crippen molar-refractivity contribution < 1.29 is 4.79 Å². The highest BCUT2D eigenvalue weighted by Gasteiger charge is 2.35. The van der Waals surface area contributed by atoms with E-state index in [0.717, 1.165) is 18.9 Å². The zero-order chi connectivity index (χ0) is 14.8. The molecule has 0 unspecified atom stereocenters. The first kappa shape index (κ1) is 14.6. The van der Waals surface area contributed by atoms with Gasteiger partial charge in [0, 0.05) is 24.8 Å². The summed E-state index contributed by atoms with van der Waals surface area (Å²) in [7, 11) is 0. The first-order valence-electron chi connectivity index (χ1n) is 8.51. The molecule has 116 valence electrons. The van der Waals surface area contributed by atoms with Crippen molar-refractivity contribution in [1.82, 2.24) is 14.5 Å². The number of likely N-dealkylation sites (tertiary alicyclic amines) is 1. The topological polar surface area (TPSA) is 38.1 Å². The zero-order valence-corrected chi connectivity index (χ0v) is 13.3. The molecule has 2 aliphatic rings. The van der Waals surface area contributed by atoms with Gasteiger partial charge in [-0.2, -0.15) is 0 Å². The van der Waals surface area contributed by atoms with Crippen molar-refractivity contribution in [3.63, 3.8) is 0 Å². The molecule has 1 saturated carbocycles. The second-order valence-electron chi connectivity index (χ2n) is 6.91. The van der Waals surface area contributed by atoms with E-state index in [-0.39, 0.29) is 5.91 Å². The quantitative estimate of drug-likeness (QED) is 0.833. The van der Waals surface area contributed by atoms with Crippen LogP contribution in [0.15, 0.2) is 12.5 Å². The Hall–Kier alpha value is -1.32. The molecule has 0 radical (unpaired) electrons. The van der Waals surface area contributed by atoms with Crippen molar-refractivity contribution in [2.45, 2.75) is 70.9 Å². The molecule has 2 atom stereocenters. The van der Waals surface area contributed by atoms with E-state index >= 15 is 0 Å². The molecule has 4 nitrogen and oxygen atoms in total. The highest BCUT2D eigenvalue weighted by molar-refractivity contribution is 5.92. The maximum atomic E-state index is 12.9. The van der Waals surface area contributed by atoms with E-state index in [1.807, 2.05) is 10.8 Å². The van der Waals surface area contributed by atoms with Crippen LogP contribution in [0.4, 0.5) is 0 Å². The first-order chi connectivity index (χ1) is 10.2. The van der Waals surface area contributed by atoms with E-state index in [1.165, 1.54) is 38.5 Å². The molecule has 1 aliphatic carbocycles. The number of amides is 1. The predicted molar refractivity (Wildman–Crippen MR) is 83.2 cm³/mol. The van der Waals surface area contributed by atoms with Gasteiger partial charge in [0.15, 0.2) is 0 Å². The lowest BCUT2D eigenvalue weighted by molar-refractivity contribution is 0.0563. The summed E-state index contributed by atoms with van der Waals surface area (Å²) in [6.07, 6.45) is 12.5. The summed E-state index contributed by atoms with van der Waals surface area (Å²) in [5.41, 5.74) is 0.620.